The van der Waals surface area contributed by atoms with Crippen LogP contribution in [0, 0.1) is 0 Å². The SMILES string of the molecule is C=C(OOCCCCCCCCCCCCCCCC)N(CC(=O)[O-])CC(=O)O.[K+]. The maximum absolute atomic E-state index is 10.7. The van der Waals surface area contributed by atoms with Gasteiger partial charge in [-0.2, -0.15) is 4.89 Å². The first-order valence-corrected chi connectivity index (χ1v) is 11.1. The van der Waals surface area contributed by atoms with Crippen molar-refractivity contribution in [3.05, 3.63) is 12.5 Å². The molecule has 0 aromatic rings. The number of nitrogens with zero attached hydrogens (tertiary/aromatic N) is 1. The number of hydrogen-bond donors (Lipinski definition) is 1. The molecule has 30 heavy (non-hydrogen) atoms. The smallest absolute Gasteiger partial charge is 0.548 e. The molecule has 0 fully saturated rings. The summed E-state index contributed by atoms with van der Waals surface area (Å²) in [6.45, 7) is 4.93. The van der Waals surface area contributed by atoms with E-state index in [2.05, 4.69) is 13.5 Å². The summed E-state index contributed by atoms with van der Waals surface area (Å²) in [4.78, 5) is 32.2. The zero-order chi connectivity index (χ0) is 21.7. The average molecular weight is 454 g/mol. The van der Waals surface area contributed by atoms with E-state index in [1.807, 2.05) is 0 Å². The Balaban J connectivity index is 0. The van der Waals surface area contributed by atoms with Crippen LogP contribution in [0.4, 0.5) is 0 Å². The number of rotatable bonds is 22. The Morgan fingerprint density at radius 1 is 0.833 bits per heavy atom. The van der Waals surface area contributed by atoms with Crippen molar-refractivity contribution in [3.8, 4) is 0 Å². The molecule has 0 aliphatic carbocycles. The zero-order valence-corrected chi connectivity index (χ0v) is 22.3. The zero-order valence-electron chi connectivity index (χ0n) is 19.2. The predicted molar refractivity (Wildman–Crippen MR) is 111 cm³/mol. The Morgan fingerprint density at radius 3 is 1.67 bits per heavy atom. The number of carbonyl (C=O) groups excluding carboxylic acids is 1. The summed E-state index contributed by atoms with van der Waals surface area (Å²) in [5, 5.41) is 19.4. The van der Waals surface area contributed by atoms with Crippen LogP contribution in [0.5, 0.6) is 0 Å². The van der Waals surface area contributed by atoms with Crippen molar-refractivity contribution in [1.82, 2.24) is 4.90 Å². The van der Waals surface area contributed by atoms with Crippen molar-refractivity contribution in [1.29, 1.82) is 0 Å². The first-order valence-electron chi connectivity index (χ1n) is 11.1. The Kier molecular flexibility index (Phi) is 25.2. The molecule has 1 N–H and O–H groups in total. The number of carbonyl (C=O) groups is 2. The number of carboxylic acid groups (broad SMARTS) is 2. The third-order valence-electron chi connectivity index (χ3n) is 4.74. The molecule has 170 valence electrons. The van der Waals surface area contributed by atoms with Gasteiger partial charge in [0.1, 0.15) is 6.54 Å². The number of aliphatic carboxylic acids is 2. The fraction of sp³-hybridized carbons (Fsp3) is 0.818. The molecule has 0 unspecified atom stereocenters. The van der Waals surface area contributed by atoms with Crippen LogP contribution >= 0.6 is 0 Å². The van der Waals surface area contributed by atoms with Gasteiger partial charge in [-0.3, -0.25) is 4.79 Å². The molecule has 0 rings (SSSR count). The van der Waals surface area contributed by atoms with E-state index in [9.17, 15) is 14.7 Å². The van der Waals surface area contributed by atoms with Crippen LogP contribution < -0.4 is 56.5 Å². The third-order valence-corrected chi connectivity index (χ3v) is 4.74. The van der Waals surface area contributed by atoms with Crippen molar-refractivity contribution < 1.29 is 81.0 Å². The van der Waals surface area contributed by atoms with Crippen LogP contribution in [-0.4, -0.2) is 41.6 Å². The molecule has 0 atom stereocenters. The predicted octanol–water partition coefficient (Wildman–Crippen LogP) is 1.03. The molecule has 0 radical (unpaired) electrons. The van der Waals surface area contributed by atoms with Crippen LogP contribution in [0.1, 0.15) is 96.8 Å². The molecular weight excluding hydrogens is 413 g/mol. The van der Waals surface area contributed by atoms with Gasteiger partial charge in [-0.25, -0.2) is 0 Å². The maximum Gasteiger partial charge on any atom is 1.00 e. The van der Waals surface area contributed by atoms with E-state index >= 15 is 0 Å². The van der Waals surface area contributed by atoms with Gasteiger partial charge in [-0.1, -0.05) is 90.4 Å². The van der Waals surface area contributed by atoms with E-state index < -0.39 is 25.0 Å². The molecule has 0 spiro atoms. The molecule has 0 aliphatic heterocycles. The van der Waals surface area contributed by atoms with Gasteiger partial charge in [0.2, 0.25) is 5.88 Å². The molecule has 0 bridgehead atoms. The molecular formula is C22H40KNO6. The Bertz CT molecular complexity index is 431. The fourth-order valence-electron chi connectivity index (χ4n) is 3.07. The minimum atomic E-state index is -1.41. The minimum absolute atomic E-state index is 0. The van der Waals surface area contributed by atoms with Crippen molar-refractivity contribution in [2.24, 2.45) is 0 Å². The molecule has 0 heterocycles. The molecule has 0 aromatic heterocycles. The van der Waals surface area contributed by atoms with Gasteiger partial charge in [0.25, 0.3) is 0 Å². The molecule has 0 amide bonds. The molecule has 0 aromatic carbocycles. The van der Waals surface area contributed by atoms with Gasteiger partial charge in [0.15, 0.2) is 0 Å². The third kappa shape index (κ3) is 22.6. The van der Waals surface area contributed by atoms with Crippen LogP contribution in [0.3, 0.4) is 0 Å². The summed E-state index contributed by atoms with van der Waals surface area (Å²) >= 11 is 0. The van der Waals surface area contributed by atoms with Crippen LogP contribution in [-0.2, 0) is 19.4 Å². The van der Waals surface area contributed by atoms with Crippen LogP contribution in [0.15, 0.2) is 12.5 Å². The van der Waals surface area contributed by atoms with Crippen LogP contribution in [0.2, 0.25) is 0 Å². The fourth-order valence-corrected chi connectivity index (χ4v) is 3.07. The number of unbranched alkanes of at least 4 members (excludes halogenated alkanes) is 13. The Hall–Kier alpha value is -0.124. The second-order valence-electron chi connectivity index (χ2n) is 7.52. The minimum Gasteiger partial charge on any atom is -0.548 e. The summed E-state index contributed by atoms with van der Waals surface area (Å²) in [6.07, 6.45) is 17.7. The topological polar surface area (TPSA) is 99.1 Å². The van der Waals surface area contributed by atoms with Crippen molar-refractivity contribution in [2.45, 2.75) is 96.8 Å². The first kappa shape index (κ1) is 32.1. The van der Waals surface area contributed by atoms with Gasteiger partial charge in [-0.15, -0.1) is 0 Å². The summed E-state index contributed by atoms with van der Waals surface area (Å²) in [6, 6.07) is 0. The standard InChI is InChI=1S/C22H41NO6.K/c1-3-4-5-6-7-8-9-10-11-12-13-14-15-16-17-28-29-20(2)23(18-21(24)25)19-22(26)27;/h2-19H2,1H3,(H,24,25)(H,26,27);/q;+1/p-1. The molecule has 0 saturated carbocycles. The monoisotopic (exact) mass is 453 g/mol. The van der Waals surface area contributed by atoms with E-state index in [0.29, 0.717) is 6.61 Å². The average Bonchev–Trinajstić information content (AvgIpc) is 2.66. The second kappa shape index (κ2) is 23.5. The first-order chi connectivity index (χ1) is 14.0. The number of hydrogen-bond acceptors (Lipinski definition) is 6. The van der Waals surface area contributed by atoms with Gasteiger partial charge in [0.05, 0.1) is 19.1 Å². The van der Waals surface area contributed by atoms with E-state index in [0.717, 1.165) is 24.2 Å². The maximum atomic E-state index is 10.7. The van der Waals surface area contributed by atoms with E-state index in [1.54, 1.807) is 0 Å². The molecule has 0 saturated heterocycles. The second-order valence-corrected chi connectivity index (χ2v) is 7.52. The Labute approximate surface area is 224 Å². The number of carboxylic acids is 2. The summed E-state index contributed by atoms with van der Waals surface area (Å²) in [5.74, 6) is -2.76. The normalized spacial score (nSPS) is 10.3. The van der Waals surface area contributed by atoms with E-state index in [1.165, 1.54) is 70.6 Å². The summed E-state index contributed by atoms with van der Waals surface area (Å²) in [5.41, 5.74) is 0. The largest absolute Gasteiger partial charge is 1.00 e. The van der Waals surface area contributed by atoms with Gasteiger partial charge >= 0.3 is 57.4 Å². The summed E-state index contributed by atoms with van der Waals surface area (Å²) < 4.78 is 0. The molecule has 0 aliphatic rings. The van der Waals surface area contributed by atoms with E-state index in [4.69, 9.17) is 14.9 Å². The van der Waals surface area contributed by atoms with Gasteiger partial charge in [0, 0.05) is 0 Å². The quantitative estimate of drug-likeness (QED) is 0.0859. The van der Waals surface area contributed by atoms with Crippen molar-refractivity contribution in [3.63, 3.8) is 0 Å². The van der Waals surface area contributed by atoms with Gasteiger partial charge < -0.3 is 24.8 Å². The Morgan fingerprint density at radius 2 is 1.27 bits per heavy atom. The van der Waals surface area contributed by atoms with Crippen molar-refractivity contribution in [2.75, 3.05) is 19.7 Å². The van der Waals surface area contributed by atoms with E-state index in [-0.39, 0.29) is 57.3 Å². The van der Waals surface area contributed by atoms with Crippen molar-refractivity contribution >= 4 is 11.9 Å². The molecule has 7 nitrogen and oxygen atoms in total. The van der Waals surface area contributed by atoms with Gasteiger partial charge in [-0.05, 0) is 13.0 Å². The summed E-state index contributed by atoms with van der Waals surface area (Å²) in [7, 11) is 0. The van der Waals surface area contributed by atoms with Crippen LogP contribution in [0.25, 0.3) is 0 Å². The molecule has 8 heteroatoms.